The molecule has 19 heavy (non-hydrogen) atoms. The molecule has 0 saturated carbocycles. The molecule has 0 aliphatic carbocycles. The predicted molar refractivity (Wildman–Crippen MR) is 84.4 cm³/mol. The molecule has 0 aliphatic rings. The van der Waals surface area contributed by atoms with E-state index < -0.39 is 0 Å². The van der Waals surface area contributed by atoms with Gasteiger partial charge in [0.05, 0.1) is 11.4 Å². The van der Waals surface area contributed by atoms with Crippen LogP contribution in [0, 0.1) is 6.92 Å². The highest BCUT2D eigenvalue weighted by Gasteiger charge is 2.10. The Balaban J connectivity index is 0.000000861. The lowest BCUT2D eigenvalue weighted by Crippen LogP contribution is -1.99. The van der Waals surface area contributed by atoms with Crippen molar-refractivity contribution in [3.05, 3.63) is 60.2 Å². The van der Waals surface area contributed by atoms with Crippen LogP contribution in [-0.2, 0) is 0 Å². The van der Waals surface area contributed by atoms with Crippen molar-refractivity contribution in [2.75, 3.05) is 0 Å². The number of para-hydroxylation sites is 1. The lowest BCUT2D eigenvalue weighted by Gasteiger charge is -2.07. The van der Waals surface area contributed by atoms with E-state index in [0.29, 0.717) is 0 Å². The van der Waals surface area contributed by atoms with Crippen LogP contribution in [0.25, 0.3) is 17.8 Å². The highest BCUT2D eigenvalue weighted by Crippen LogP contribution is 2.20. The van der Waals surface area contributed by atoms with Crippen LogP contribution in [-0.4, -0.2) is 9.55 Å². The molecule has 2 rings (SSSR count). The number of aryl methyl sites for hydroxylation is 1. The summed E-state index contributed by atoms with van der Waals surface area (Å²) in [5.41, 5.74) is 3.12. The van der Waals surface area contributed by atoms with E-state index in [1.807, 2.05) is 52.0 Å². The fourth-order valence-corrected chi connectivity index (χ4v) is 1.94. The first-order valence-electron chi connectivity index (χ1n) is 6.67. The zero-order chi connectivity index (χ0) is 14.3. The number of nitrogens with zero attached hydrogens (tertiary/aromatic N) is 2. The molecule has 100 valence electrons. The summed E-state index contributed by atoms with van der Waals surface area (Å²) in [5.74, 6) is 0.971. The van der Waals surface area contributed by atoms with E-state index >= 15 is 0 Å². The summed E-state index contributed by atoms with van der Waals surface area (Å²) in [6.45, 7) is 11.8. The van der Waals surface area contributed by atoms with Gasteiger partial charge in [0, 0.05) is 5.69 Å². The van der Waals surface area contributed by atoms with Crippen molar-refractivity contribution < 1.29 is 0 Å². The van der Waals surface area contributed by atoms with Crippen LogP contribution in [0.5, 0.6) is 0 Å². The van der Waals surface area contributed by atoms with Gasteiger partial charge in [-0.1, -0.05) is 44.7 Å². The maximum atomic E-state index is 4.52. The molecule has 0 aliphatic heterocycles. The summed E-state index contributed by atoms with van der Waals surface area (Å²) in [6, 6.07) is 10.2. The van der Waals surface area contributed by atoms with Gasteiger partial charge in [-0.3, -0.25) is 4.57 Å². The second-order valence-corrected chi connectivity index (χ2v) is 3.80. The molecular weight excluding hydrogens is 232 g/mol. The van der Waals surface area contributed by atoms with Gasteiger partial charge in [0.1, 0.15) is 5.82 Å². The zero-order valence-electron chi connectivity index (χ0n) is 12.2. The molecule has 0 unspecified atom stereocenters. The first-order valence-corrected chi connectivity index (χ1v) is 6.67. The molecule has 1 aromatic heterocycles. The van der Waals surface area contributed by atoms with Gasteiger partial charge in [-0.25, -0.2) is 4.98 Å². The van der Waals surface area contributed by atoms with E-state index in [9.17, 15) is 0 Å². The maximum absolute atomic E-state index is 4.52. The van der Waals surface area contributed by atoms with Crippen LogP contribution in [0.2, 0.25) is 0 Å². The Hall–Kier alpha value is -2.09. The van der Waals surface area contributed by atoms with Gasteiger partial charge in [-0.2, -0.15) is 0 Å². The minimum Gasteiger partial charge on any atom is -0.297 e. The van der Waals surface area contributed by atoms with E-state index in [4.69, 9.17) is 0 Å². The second kappa shape index (κ2) is 7.37. The number of hydrogen-bond acceptors (Lipinski definition) is 1. The van der Waals surface area contributed by atoms with Crippen LogP contribution in [0.4, 0.5) is 0 Å². The van der Waals surface area contributed by atoms with Gasteiger partial charge >= 0.3 is 0 Å². The minimum absolute atomic E-state index is 0.921. The molecule has 2 aromatic rings. The Kier molecular flexibility index (Phi) is 5.80. The molecule has 2 heteroatoms. The molecule has 0 spiro atoms. The van der Waals surface area contributed by atoms with E-state index in [1.165, 1.54) is 0 Å². The second-order valence-electron chi connectivity index (χ2n) is 3.80. The fraction of sp³-hybridized carbons (Fsp3) is 0.235. The Labute approximate surface area is 116 Å². The van der Waals surface area contributed by atoms with Crippen molar-refractivity contribution in [3.63, 3.8) is 0 Å². The van der Waals surface area contributed by atoms with Crippen LogP contribution < -0.4 is 0 Å². The zero-order valence-corrected chi connectivity index (χ0v) is 12.2. The number of hydrogen-bond donors (Lipinski definition) is 0. The van der Waals surface area contributed by atoms with Crippen LogP contribution in [0.15, 0.2) is 43.0 Å². The first-order chi connectivity index (χ1) is 9.27. The van der Waals surface area contributed by atoms with Gasteiger partial charge in [0.15, 0.2) is 0 Å². The quantitative estimate of drug-likeness (QED) is 0.763. The Morgan fingerprint density at radius 1 is 1.16 bits per heavy atom. The molecule has 0 fully saturated rings. The molecule has 2 nitrogen and oxygen atoms in total. The largest absolute Gasteiger partial charge is 0.297 e. The summed E-state index contributed by atoms with van der Waals surface area (Å²) in [5, 5.41) is 0. The SMILES string of the molecule is C=Cc1nc(C)n(-c2ccccc2)c1/C=C\C.CC. The van der Waals surface area contributed by atoms with E-state index in [1.54, 1.807) is 6.08 Å². The van der Waals surface area contributed by atoms with Crippen LogP contribution >= 0.6 is 0 Å². The number of benzene rings is 1. The van der Waals surface area contributed by atoms with Crippen molar-refractivity contribution >= 4 is 12.2 Å². The molecule has 0 radical (unpaired) electrons. The fourth-order valence-electron chi connectivity index (χ4n) is 1.94. The van der Waals surface area contributed by atoms with E-state index in [-0.39, 0.29) is 0 Å². The lowest BCUT2D eigenvalue weighted by atomic mass is 10.2. The van der Waals surface area contributed by atoms with E-state index in [0.717, 1.165) is 22.9 Å². The smallest absolute Gasteiger partial charge is 0.111 e. The minimum atomic E-state index is 0.921. The van der Waals surface area contributed by atoms with Crippen LogP contribution in [0.3, 0.4) is 0 Å². The number of imidazole rings is 1. The van der Waals surface area contributed by atoms with Crippen molar-refractivity contribution in [2.24, 2.45) is 0 Å². The molecule has 0 amide bonds. The van der Waals surface area contributed by atoms with Gasteiger partial charge in [0.25, 0.3) is 0 Å². The Morgan fingerprint density at radius 3 is 2.32 bits per heavy atom. The van der Waals surface area contributed by atoms with Crippen molar-refractivity contribution in [2.45, 2.75) is 27.7 Å². The van der Waals surface area contributed by atoms with Crippen molar-refractivity contribution in [1.29, 1.82) is 0 Å². The normalized spacial score (nSPS) is 10.1. The van der Waals surface area contributed by atoms with Gasteiger partial charge < -0.3 is 0 Å². The predicted octanol–water partition coefficient (Wildman–Crippen LogP) is 4.88. The van der Waals surface area contributed by atoms with Crippen LogP contribution in [0.1, 0.15) is 38.0 Å². The first kappa shape index (κ1) is 15.0. The highest BCUT2D eigenvalue weighted by molar-refractivity contribution is 5.62. The summed E-state index contributed by atoms with van der Waals surface area (Å²) < 4.78 is 2.14. The Bertz CT molecular complexity index is 548. The average Bonchev–Trinajstić information content (AvgIpc) is 2.78. The summed E-state index contributed by atoms with van der Waals surface area (Å²) in [6.07, 6.45) is 5.87. The summed E-state index contributed by atoms with van der Waals surface area (Å²) in [7, 11) is 0. The molecule has 0 N–H and O–H groups in total. The van der Waals surface area contributed by atoms with Crippen molar-refractivity contribution in [3.8, 4) is 5.69 Å². The van der Waals surface area contributed by atoms with Crippen molar-refractivity contribution in [1.82, 2.24) is 9.55 Å². The monoisotopic (exact) mass is 254 g/mol. The number of aromatic nitrogens is 2. The lowest BCUT2D eigenvalue weighted by molar-refractivity contribution is 0.966. The summed E-state index contributed by atoms with van der Waals surface area (Å²) in [4.78, 5) is 4.52. The van der Waals surface area contributed by atoms with Gasteiger partial charge in [-0.15, -0.1) is 0 Å². The third-order valence-electron chi connectivity index (χ3n) is 2.64. The highest BCUT2D eigenvalue weighted by atomic mass is 15.1. The number of rotatable bonds is 3. The molecule has 1 aromatic carbocycles. The van der Waals surface area contributed by atoms with E-state index in [2.05, 4.69) is 34.3 Å². The van der Waals surface area contributed by atoms with Gasteiger partial charge in [0.2, 0.25) is 0 Å². The molecular formula is C17H22N2. The Morgan fingerprint density at radius 2 is 1.79 bits per heavy atom. The topological polar surface area (TPSA) is 17.8 Å². The molecule has 0 bridgehead atoms. The summed E-state index contributed by atoms with van der Waals surface area (Å²) >= 11 is 0. The maximum Gasteiger partial charge on any atom is 0.111 e. The number of allylic oxidation sites excluding steroid dienone is 1. The van der Waals surface area contributed by atoms with Gasteiger partial charge in [-0.05, 0) is 38.1 Å². The molecule has 1 heterocycles. The standard InChI is InChI=1S/C15H16N2.C2H6/c1-4-9-15-14(5-2)16-12(3)17(15)13-10-7-6-8-11-13;1-2/h4-11H,2H2,1,3H3;1-2H3/b9-4-;. The molecule has 0 saturated heterocycles. The molecule has 0 atom stereocenters. The third-order valence-corrected chi connectivity index (χ3v) is 2.64. The third kappa shape index (κ3) is 3.22. The average molecular weight is 254 g/mol.